The molecule has 5 heteroatoms. The lowest BCUT2D eigenvalue weighted by Gasteiger charge is -2.32. The number of nitrogens with one attached hydrogen (secondary N) is 1. The number of hydrogen-bond donors (Lipinski definition) is 1. The van der Waals surface area contributed by atoms with Crippen molar-refractivity contribution in [2.75, 3.05) is 45.9 Å². The summed E-state index contributed by atoms with van der Waals surface area (Å²) in [7, 11) is 0. The molecule has 0 bridgehead atoms. The zero-order chi connectivity index (χ0) is 12.7. The van der Waals surface area contributed by atoms with E-state index in [9.17, 15) is 4.79 Å². The van der Waals surface area contributed by atoms with Gasteiger partial charge in [0.25, 0.3) is 0 Å². The monoisotopic (exact) mass is 243 g/mol. The summed E-state index contributed by atoms with van der Waals surface area (Å²) in [6, 6.07) is 0.411. The zero-order valence-electron chi connectivity index (χ0n) is 11.2. The van der Waals surface area contributed by atoms with Crippen LogP contribution in [0.25, 0.3) is 0 Å². The molecule has 1 N–H and O–H groups in total. The highest BCUT2D eigenvalue weighted by Gasteiger charge is 2.18. The van der Waals surface area contributed by atoms with E-state index in [-0.39, 0.29) is 6.03 Å². The van der Waals surface area contributed by atoms with Gasteiger partial charge in [0.2, 0.25) is 0 Å². The molecule has 1 unspecified atom stereocenters. The van der Waals surface area contributed by atoms with Crippen LogP contribution < -0.4 is 5.32 Å². The number of carbonyl (C=O) groups excluding carboxylic acids is 1. The molecule has 1 rings (SSSR count). The smallest absolute Gasteiger partial charge is 0.317 e. The van der Waals surface area contributed by atoms with Crippen molar-refractivity contribution in [3.8, 4) is 0 Å². The third kappa shape index (κ3) is 4.52. The Morgan fingerprint density at radius 2 is 1.94 bits per heavy atom. The summed E-state index contributed by atoms with van der Waals surface area (Å²) in [5.41, 5.74) is 0. The molecule has 100 valence electrons. The van der Waals surface area contributed by atoms with E-state index >= 15 is 0 Å². The maximum absolute atomic E-state index is 11.8. The van der Waals surface area contributed by atoms with Gasteiger partial charge in [0, 0.05) is 38.8 Å². The molecule has 0 spiro atoms. The van der Waals surface area contributed by atoms with Gasteiger partial charge >= 0.3 is 6.03 Å². The van der Waals surface area contributed by atoms with Crippen molar-refractivity contribution >= 4 is 6.03 Å². The van der Waals surface area contributed by atoms with Gasteiger partial charge in [0.05, 0.1) is 13.2 Å². The standard InChI is InChI=1S/C12H25N3O2/c1-4-14(5-2)12(16)13-10-11(3)15-6-8-17-9-7-15/h11H,4-10H2,1-3H3,(H,13,16). The van der Waals surface area contributed by atoms with E-state index in [0.29, 0.717) is 12.6 Å². The quantitative estimate of drug-likeness (QED) is 0.775. The van der Waals surface area contributed by atoms with E-state index in [4.69, 9.17) is 4.74 Å². The highest BCUT2D eigenvalue weighted by atomic mass is 16.5. The number of amides is 2. The first-order valence-corrected chi connectivity index (χ1v) is 6.53. The van der Waals surface area contributed by atoms with Crippen LogP contribution in [-0.2, 0) is 4.74 Å². The molecule has 1 saturated heterocycles. The van der Waals surface area contributed by atoms with E-state index in [0.717, 1.165) is 39.4 Å². The van der Waals surface area contributed by atoms with E-state index in [1.807, 2.05) is 13.8 Å². The Labute approximate surface area is 104 Å². The average molecular weight is 243 g/mol. The van der Waals surface area contributed by atoms with Gasteiger partial charge in [0.1, 0.15) is 0 Å². The van der Waals surface area contributed by atoms with E-state index in [1.165, 1.54) is 0 Å². The number of urea groups is 1. The van der Waals surface area contributed by atoms with Gasteiger partial charge in [0.15, 0.2) is 0 Å². The number of hydrogen-bond acceptors (Lipinski definition) is 3. The fourth-order valence-corrected chi connectivity index (χ4v) is 2.00. The lowest BCUT2D eigenvalue weighted by atomic mass is 10.2. The Hall–Kier alpha value is -0.810. The molecule has 1 atom stereocenters. The Kier molecular flexibility index (Phi) is 6.29. The molecule has 0 saturated carbocycles. The number of nitrogens with zero attached hydrogens (tertiary/aromatic N) is 2. The first-order valence-electron chi connectivity index (χ1n) is 6.53. The van der Waals surface area contributed by atoms with Gasteiger partial charge in [-0.3, -0.25) is 4.90 Å². The van der Waals surface area contributed by atoms with Gasteiger partial charge in [-0.1, -0.05) is 0 Å². The van der Waals surface area contributed by atoms with Crippen LogP contribution in [0.3, 0.4) is 0 Å². The summed E-state index contributed by atoms with van der Waals surface area (Å²) in [4.78, 5) is 15.9. The fourth-order valence-electron chi connectivity index (χ4n) is 2.00. The molecule has 17 heavy (non-hydrogen) atoms. The van der Waals surface area contributed by atoms with Crippen LogP contribution in [0.1, 0.15) is 20.8 Å². The van der Waals surface area contributed by atoms with Gasteiger partial charge in [-0.2, -0.15) is 0 Å². The normalized spacial score (nSPS) is 18.8. The number of ether oxygens (including phenoxy) is 1. The van der Waals surface area contributed by atoms with Gasteiger partial charge in [-0.25, -0.2) is 4.79 Å². The zero-order valence-corrected chi connectivity index (χ0v) is 11.2. The molecule has 0 radical (unpaired) electrons. The van der Waals surface area contributed by atoms with Gasteiger partial charge < -0.3 is 15.0 Å². The van der Waals surface area contributed by atoms with E-state index in [1.54, 1.807) is 4.90 Å². The average Bonchev–Trinajstić information content (AvgIpc) is 2.38. The lowest BCUT2D eigenvalue weighted by molar-refractivity contribution is 0.0207. The third-order valence-electron chi connectivity index (χ3n) is 3.27. The molecule has 0 aliphatic carbocycles. The molecule has 5 nitrogen and oxygen atoms in total. The van der Waals surface area contributed by atoms with Crippen LogP contribution in [0.5, 0.6) is 0 Å². The summed E-state index contributed by atoms with van der Waals surface area (Å²) >= 11 is 0. The first-order chi connectivity index (χ1) is 8.19. The topological polar surface area (TPSA) is 44.8 Å². The SMILES string of the molecule is CCN(CC)C(=O)NCC(C)N1CCOCC1. The first kappa shape index (κ1) is 14.3. The molecular formula is C12H25N3O2. The van der Waals surface area contributed by atoms with E-state index < -0.39 is 0 Å². The van der Waals surface area contributed by atoms with Crippen LogP contribution in [0.15, 0.2) is 0 Å². The molecule has 2 amide bonds. The number of carbonyl (C=O) groups is 1. The van der Waals surface area contributed by atoms with E-state index in [2.05, 4.69) is 17.1 Å². The van der Waals surface area contributed by atoms with Crippen molar-refractivity contribution in [1.29, 1.82) is 0 Å². The van der Waals surface area contributed by atoms with Crippen molar-refractivity contribution in [3.63, 3.8) is 0 Å². The van der Waals surface area contributed by atoms with Gasteiger partial charge in [-0.05, 0) is 20.8 Å². The van der Waals surface area contributed by atoms with Crippen LogP contribution in [0.4, 0.5) is 4.79 Å². The summed E-state index contributed by atoms with van der Waals surface area (Å²) in [5, 5.41) is 2.99. The number of morpholine rings is 1. The second-order valence-corrected chi connectivity index (χ2v) is 4.36. The summed E-state index contributed by atoms with van der Waals surface area (Å²) in [5.74, 6) is 0. The Balaban J connectivity index is 2.26. The van der Waals surface area contributed by atoms with Crippen molar-refractivity contribution in [3.05, 3.63) is 0 Å². The number of rotatable bonds is 5. The van der Waals surface area contributed by atoms with Crippen molar-refractivity contribution < 1.29 is 9.53 Å². The maximum Gasteiger partial charge on any atom is 0.317 e. The van der Waals surface area contributed by atoms with Gasteiger partial charge in [-0.15, -0.1) is 0 Å². The van der Waals surface area contributed by atoms with Crippen LogP contribution in [0.2, 0.25) is 0 Å². The van der Waals surface area contributed by atoms with Crippen LogP contribution in [-0.4, -0.2) is 67.8 Å². The fraction of sp³-hybridized carbons (Fsp3) is 0.917. The largest absolute Gasteiger partial charge is 0.379 e. The highest BCUT2D eigenvalue weighted by Crippen LogP contribution is 2.02. The molecule has 0 aromatic rings. The van der Waals surface area contributed by atoms with Crippen LogP contribution >= 0.6 is 0 Å². The third-order valence-corrected chi connectivity index (χ3v) is 3.27. The molecule has 0 aromatic heterocycles. The van der Waals surface area contributed by atoms with Crippen molar-refractivity contribution in [2.24, 2.45) is 0 Å². The summed E-state index contributed by atoms with van der Waals surface area (Å²) in [6.07, 6.45) is 0. The second-order valence-electron chi connectivity index (χ2n) is 4.36. The summed E-state index contributed by atoms with van der Waals surface area (Å²) in [6.45, 7) is 11.9. The predicted octanol–water partition coefficient (Wildman–Crippen LogP) is 0.759. The Morgan fingerprint density at radius 1 is 1.35 bits per heavy atom. The maximum atomic E-state index is 11.8. The minimum Gasteiger partial charge on any atom is -0.379 e. The molecule has 1 fully saturated rings. The minimum atomic E-state index is 0.0371. The Bertz CT molecular complexity index is 226. The van der Waals surface area contributed by atoms with Crippen LogP contribution in [0, 0.1) is 0 Å². The molecule has 1 aliphatic rings. The van der Waals surface area contributed by atoms with Crippen molar-refractivity contribution in [1.82, 2.24) is 15.1 Å². The molecular weight excluding hydrogens is 218 g/mol. The van der Waals surface area contributed by atoms with Crippen molar-refractivity contribution in [2.45, 2.75) is 26.8 Å². The Morgan fingerprint density at radius 3 is 2.47 bits per heavy atom. The molecule has 1 aliphatic heterocycles. The highest BCUT2D eigenvalue weighted by molar-refractivity contribution is 5.74. The second kappa shape index (κ2) is 7.50. The lowest BCUT2D eigenvalue weighted by Crippen LogP contribution is -2.49. The summed E-state index contributed by atoms with van der Waals surface area (Å²) < 4.78 is 5.31. The molecule has 0 aromatic carbocycles. The predicted molar refractivity (Wildman–Crippen MR) is 68.2 cm³/mol. The molecule has 1 heterocycles. The minimum absolute atomic E-state index is 0.0371.